The van der Waals surface area contributed by atoms with Gasteiger partial charge in [0, 0.05) is 0 Å². The summed E-state index contributed by atoms with van der Waals surface area (Å²) in [6.07, 6.45) is 0.538. The summed E-state index contributed by atoms with van der Waals surface area (Å²) in [7, 11) is 1.36. The number of ether oxygens (including phenoxy) is 1. The van der Waals surface area contributed by atoms with Crippen LogP contribution in [0.5, 0.6) is 0 Å². The molecule has 2 unspecified atom stereocenters. The monoisotopic (exact) mass is 250 g/mol. The molecule has 2 atom stereocenters. The standard InChI is InChI=1S/C15H22O3/c1-5-13(14(16)18-4)15(17,11(2)3)12-9-7-6-8-10-12/h6-11,13,17H,5H2,1-4H3. The summed E-state index contributed by atoms with van der Waals surface area (Å²) in [5.74, 6) is -0.994. The first-order valence-corrected chi connectivity index (χ1v) is 6.34. The lowest BCUT2D eigenvalue weighted by Gasteiger charge is -2.38. The van der Waals surface area contributed by atoms with E-state index in [1.54, 1.807) is 0 Å². The molecule has 1 rings (SSSR count). The Morgan fingerprint density at radius 3 is 2.28 bits per heavy atom. The number of benzene rings is 1. The van der Waals surface area contributed by atoms with Gasteiger partial charge in [-0.3, -0.25) is 4.79 Å². The Hall–Kier alpha value is -1.35. The Balaban J connectivity index is 3.26. The molecule has 1 N–H and O–H groups in total. The summed E-state index contributed by atoms with van der Waals surface area (Å²) >= 11 is 0. The molecule has 0 aliphatic rings. The van der Waals surface area contributed by atoms with Crippen LogP contribution in [-0.2, 0) is 15.1 Å². The van der Waals surface area contributed by atoms with Crippen LogP contribution in [0.1, 0.15) is 32.8 Å². The van der Waals surface area contributed by atoms with Gasteiger partial charge in [-0.15, -0.1) is 0 Å². The van der Waals surface area contributed by atoms with Gasteiger partial charge in [-0.2, -0.15) is 0 Å². The Morgan fingerprint density at radius 1 is 1.33 bits per heavy atom. The van der Waals surface area contributed by atoms with Gasteiger partial charge in [0.15, 0.2) is 0 Å². The van der Waals surface area contributed by atoms with E-state index in [9.17, 15) is 9.90 Å². The highest BCUT2D eigenvalue weighted by Crippen LogP contribution is 2.39. The molecule has 0 saturated carbocycles. The van der Waals surface area contributed by atoms with Gasteiger partial charge in [0.2, 0.25) is 0 Å². The van der Waals surface area contributed by atoms with Crippen LogP contribution in [-0.4, -0.2) is 18.2 Å². The van der Waals surface area contributed by atoms with Crippen LogP contribution in [0.25, 0.3) is 0 Å². The van der Waals surface area contributed by atoms with Crippen molar-refractivity contribution in [2.75, 3.05) is 7.11 Å². The number of esters is 1. The van der Waals surface area contributed by atoms with E-state index in [1.165, 1.54) is 7.11 Å². The molecule has 3 nitrogen and oxygen atoms in total. The van der Waals surface area contributed by atoms with Crippen LogP contribution >= 0.6 is 0 Å². The van der Waals surface area contributed by atoms with Crippen molar-refractivity contribution in [2.24, 2.45) is 11.8 Å². The molecule has 3 heteroatoms. The number of hydrogen-bond acceptors (Lipinski definition) is 3. The molecule has 0 radical (unpaired) electrons. The van der Waals surface area contributed by atoms with Gasteiger partial charge >= 0.3 is 5.97 Å². The Bertz CT molecular complexity index is 386. The first kappa shape index (κ1) is 14.7. The molecule has 1 aromatic carbocycles. The fraction of sp³-hybridized carbons (Fsp3) is 0.533. The first-order chi connectivity index (χ1) is 8.48. The predicted molar refractivity (Wildman–Crippen MR) is 71.0 cm³/mol. The molecular weight excluding hydrogens is 228 g/mol. The zero-order valence-electron chi connectivity index (χ0n) is 11.5. The fourth-order valence-electron chi connectivity index (χ4n) is 2.44. The molecular formula is C15H22O3. The normalized spacial score (nSPS) is 16.1. The van der Waals surface area contributed by atoms with E-state index in [4.69, 9.17) is 4.74 Å². The average Bonchev–Trinajstić information content (AvgIpc) is 2.39. The van der Waals surface area contributed by atoms with Crippen molar-refractivity contribution in [1.29, 1.82) is 0 Å². The topological polar surface area (TPSA) is 46.5 Å². The number of aliphatic hydroxyl groups is 1. The van der Waals surface area contributed by atoms with Crippen molar-refractivity contribution >= 4 is 5.97 Å². The molecule has 0 amide bonds. The third-order valence-electron chi connectivity index (χ3n) is 3.54. The van der Waals surface area contributed by atoms with E-state index in [0.717, 1.165) is 5.56 Å². The zero-order chi connectivity index (χ0) is 13.8. The van der Waals surface area contributed by atoms with E-state index in [0.29, 0.717) is 6.42 Å². The lowest BCUT2D eigenvalue weighted by Crippen LogP contribution is -2.44. The van der Waals surface area contributed by atoms with Crippen molar-refractivity contribution in [1.82, 2.24) is 0 Å². The lowest BCUT2D eigenvalue weighted by atomic mass is 9.72. The molecule has 0 bridgehead atoms. The van der Waals surface area contributed by atoms with Crippen LogP contribution in [0.2, 0.25) is 0 Å². The second-order valence-electron chi connectivity index (χ2n) is 4.83. The zero-order valence-corrected chi connectivity index (χ0v) is 11.5. The molecule has 0 fully saturated rings. The van der Waals surface area contributed by atoms with Crippen molar-refractivity contribution < 1.29 is 14.6 Å². The largest absolute Gasteiger partial charge is 0.469 e. The van der Waals surface area contributed by atoms with Crippen LogP contribution in [0.3, 0.4) is 0 Å². The summed E-state index contributed by atoms with van der Waals surface area (Å²) in [4.78, 5) is 11.9. The molecule has 1 aromatic rings. The molecule has 0 aliphatic heterocycles. The minimum absolute atomic E-state index is 0.0797. The second-order valence-corrected chi connectivity index (χ2v) is 4.83. The van der Waals surface area contributed by atoms with Gasteiger partial charge in [0.05, 0.1) is 13.0 Å². The Kier molecular flexibility index (Phi) is 4.91. The first-order valence-electron chi connectivity index (χ1n) is 6.34. The van der Waals surface area contributed by atoms with Gasteiger partial charge in [-0.05, 0) is 17.9 Å². The summed E-state index contributed by atoms with van der Waals surface area (Å²) < 4.78 is 4.82. The number of rotatable bonds is 5. The maximum Gasteiger partial charge on any atom is 0.311 e. The molecule has 100 valence electrons. The van der Waals surface area contributed by atoms with Gasteiger partial charge in [-0.1, -0.05) is 51.1 Å². The summed E-state index contributed by atoms with van der Waals surface area (Å²) in [5, 5.41) is 11.0. The van der Waals surface area contributed by atoms with Crippen molar-refractivity contribution in [2.45, 2.75) is 32.8 Å². The lowest BCUT2D eigenvalue weighted by molar-refractivity contribution is -0.161. The highest BCUT2D eigenvalue weighted by Gasteiger charge is 2.44. The van der Waals surface area contributed by atoms with Crippen molar-refractivity contribution in [3.05, 3.63) is 35.9 Å². The summed E-state index contributed by atoms with van der Waals surface area (Å²) in [6.45, 7) is 5.72. The number of methoxy groups -OCH3 is 1. The second kappa shape index (κ2) is 6.01. The summed E-state index contributed by atoms with van der Waals surface area (Å²) in [5.41, 5.74) is -0.430. The highest BCUT2D eigenvalue weighted by atomic mass is 16.5. The highest BCUT2D eigenvalue weighted by molar-refractivity contribution is 5.74. The smallest absolute Gasteiger partial charge is 0.311 e. The Labute approximate surface area is 109 Å². The van der Waals surface area contributed by atoms with E-state index in [2.05, 4.69) is 0 Å². The predicted octanol–water partition coefficient (Wildman–Crippen LogP) is 2.73. The third kappa shape index (κ3) is 2.56. The van der Waals surface area contributed by atoms with Crippen LogP contribution in [0.15, 0.2) is 30.3 Å². The molecule has 18 heavy (non-hydrogen) atoms. The molecule has 0 spiro atoms. The van der Waals surface area contributed by atoms with E-state index in [-0.39, 0.29) is 11.9 Å². The van der Waals surface area contributed by atoms with Gasteiger partial charge in [0.1, 0.15) is 5.60 Å². The number of hydrogen-bond donors (Lipinski definition) is 1. The number of carbonyl (C=O) groups excluding carboxylic acids is 1. The average molecular weight is 250 g/mol. The van der Waals surface area contributed by atoms with E-state index < -0.39 is 11.5 Å². The maximum absolute atomic E-state index is 11.9. The number of carbonyl (C=O) groups is 1. The van der Waals surface area contributed by atoms with E-state index in [1.807, 2.05) is 51.1 Å². The van der Waals surface area contributed by atoms with Crippen molar-refractivity contribution in [3.8, 4) is 0 Å². The minimum Gasteiger partial charge on any atom is -0.469 e. The fourth-order valence-corrected chi connectivity index (χ4v) is 2.44. The molecule has 0 aliphatic carbocycles. The van der Waals surface area contributed by atoms with Crippen molar-refractivity contribution in [3.63, 3.8) is 0 Å². The van der Waals surface area contributed by atoms with E-state index >= 15 is 0 Å². The maximum atomic E-state index is 11.9. The SMILES string of the molecule is CCC(C(=O)OC)C(O)(c1ccccc1)C(C)C. The quantitative estimate of drug-likeness (QED) is 0.817. The summed E-state index contributed by atoms with van der Waals surface area (Å²) in [6, 6.07) is 9.33. The van der Waals surface area contributed by atoms with Gasteiger partial charge in [-0.25, -0.2) is 0 Å². The van der Waals surface area contributed by atoms with Gasteiger partial charge in [0.25, 0.3) is 0 Å². The van der Waals surface area contributed by atoms with Gasteiger partial charge < -0.3 is 9.84 Å². The van der Waals surface area contributed by atoms with Crippen LogP contribution < -0.4 is 0 Å². The molecule has 0 heterocycles. The molecule has 0 saturated heterocycles. The minimum atomic E-state index is -1.19. The third-order valence-corrected chi connectivity index (χ3v) is 3.54. The molecule has 0 aromatic heterocycles. The van der Waals surface area contributed by atoms with Crippen LogP contribution in [0.4, 0.5) is 0 Å². The van der Waals surface area contributed by atoms with Crippen LogP contribution in [0, 0.1) is 11.8 Å². The Morgan fingerprint density at radius 2 is 1.89 bits per heavy atom.